The molecule has 1 aromatic heterocycles. The summed E-state index contributed by atoms with van der Waals surface area (Å²) in [6.45, 7) is 0. The predicted octanol–water partition coefficient (Wildman–Crippen LogP) is 3.92. The van der Waals surface area contributed by atoms with E-state index in [4.69, 9.17) is 14.5 Å². The van der Waals surface area contributed by atoms with Crippen LogP contribution in [0.3, 0.4) is 0 Å². The summed E-state index contributed by atoms with van der Waals surface area (Å²) >= 11 is 0. The van der Waals surface area contributed by atoms with Gasteiger partial charge in [-0.3, -0.25) is 0 Å². The van der Waals surface area contributed by atoms with Gasteiger partial charge in [0, 0.05) is 10.9 Å². The van der Waals surface area contributed by atoms with E-state index in [1.165, 1.54) is 0 Å². The quantitative estimate of drug-likeness (QED) is 0.719. The van der Waals surface area contributed by atoms with Gasteiger partial charge in [-0.2, -0.15) is 0 Å². The Balaban J connectivity index is 2.22. The molecule has 0 saturated heterocycles. The van der Waals surface area contributed by atoms with E-state index in [-0.39, 0.29) is 0 Å². The van der Waals surface area contributed by atoms with Crippen molar-refractivity contribution in [2.45, 2.75) is 0 Å². The summed E-state index contributed by atoms with van der Waals surface area (Å²) < 4.78 is 10.7. The van der Waals surface area contributed by atoms with Gasteiger partial charge >= 0.3 is 0 Å². The van der Waals surface area contributed by atoms with Crippen LogP contribution in [-0.4, -0.2) is 19.2 Å². The molecule has 0 fully saturated rings. The van der Waals surface area contributed by atoms with Crippen molar-refractivity contribution in [2.24, 2.45) is 0 Å². The molecule has 0 spiro atoms. The van der Waals surface area contributed by atoms with Crippen molar-refractivity contribution >= 4 is 10.9 Å². The number of hydrogen-bond donors (Lipinski definition) is 0. The van der Waals surface area contributed by atoms with Gasteiger partial charge in [0.25, 0.3) is 0 Å². The second-order valence-corrected chi connectivity index (χ2v) is 4.46. The summed E-state index contributed by atoms with van der Waals surface area (Å²) in [7, 11) is 3.32. The molecular weight excluding hydrogens is 250 g/mol. The zero-order valence-electron chi connectivity index (χ0n) is 11.5. The molecule has 0 aliphatic carbocycles. The van der Waals surface area contributed by atoms with Crippen molar-refractivity contribution in [1.29, 1.82) is 0 Å². The van der Waals surface area contributed by atoms with Crippen molar-refractivity contribution in [3.05, 3.63) is 54.6 Å². The SMILES string of the molecule is COc1cccc(-c2nc3ccccc3cc2OC)c1. The Morgan fingerprint density at radius 3 is 2.50 bits per heavy atom. The van der Waals surface area contributed by atoms with E-state index < -0.39 is 0 Å². The number of benzene rings is 2. The molecule has 0 bridgehead atoms. The van der Waals surface area contributed by atoms with Crippen molar-refractivity contribution in [1.82, 2.24) is 4.98 Å². The van der Waals surface area contributed by atoms with Crippen LogP contribution in [0.5, 0.6) is 11.5 Å². The maximum Gasteiger partial charge on any atom is 0.145 e. The summed E-state index contributed by atoms with van der Waals surface area (Å²) in [6.07, 6.45) is 0. The Hall–Kier alpha value is -2.55. The highest BCUT2D eigenvalue weighted by molar-refractivity contribution is 5.85. The van der Waals surface area contributed by atoms with Crippen LogP contribution in [0.2, 0.25) is 0 Å². The Morgan fingerprint density at radius 2 is 1.70 bits per heavy atom. The van der Waals surface area contributed by atoms with E-state index in [2.05, 4.69) is 0 Å². The Bertz CT molecular complexity index is 753. The first kappa shape index (κ1) is 12.5. The van der Waals surface area contributed by atoms with E-state index in [0.29, 0.717) is 0 Å². The fourth-order valence-electron chi connectivity index (χ4n) is 2.23. The number of pyridine rings is 1. The van der Waals surface area contributed by atoms with E-state index in [0.717, 1.165) is 33.7 Å². The van der Waals surface area contributed by atoms with Crippen LogP contribution < -0.4 is 9.47 Å². The average Bonchev–Trinajstić information content (AvgIpc) is 2.53. The maximum absolute atomic E-state index is 5.48. The molecule has 3 aromatic rings. The first-order chi connectivity index (χ1) is 9.81. The number of fused-ring (bicyclic) bond motifs is 1. The number of methoxy groups -OCH3 is 2. The average molecular weight is 265 g/mol. The van der Waals surface area contributed by atoms with Gasteiger partial charge in [0.05, 0.1) is 19.7 Å². The number of ether oxygens (including phenoxy) is 2. The molecule has 1 heterocycles. The molecular formula is C17H15NO2. The first-order valence-electron chi connectivity index (χ1n) is 6.40. The molecule has 0 saturated carbocycles. The summed E-state index contributed by atoms with van der Waals surface area (Å²) in [4.78, 5) is 4.71. The minimum absolute atomic E-state index is 0.761. The van der Waals surface area contributed by atoms with Gasteiger partial charge in [0.1, 0.15) is 17.2 Å². The molecule has 3 heteroatoms. The van der Waals surface area contributed by atoms with Crippen molar-refractivity contribution < 1.29 is 9.47 Å². The van der Waals surface area contributed by atoms with Crippen LogP contribution in [-0.2, 0) is 0 Å². The summed E-state index contributed by atoms with van der Waals surface area (Å²) in [5.41, 5.74) is 2.75. The van der Waals surface area contributed by atoms with Crippen LogP contribution >= 0.6 is 0 Å². The Kier molecular flexibility index (Phi) is 3.25. The number of nitrogens with zero attached hydrogens (tertiary/aromatic N) is 1. The molecule has 0 aliphatic rings. The van der Waals surface area contributed by atoms with Crippen LogP contribution in [0.25, 0.3) is 22.2 Å². The monoisotopic (exact) mass is 265 g/mol. The summed E-state index contributed by atoms with van der Waals surface area (Å²) in [5.74, 6) is 1.57. The number of para-hydroxylation sites is 1. The van der Waals surface area contributed by atoms with Gasteiger partial charge < -0.3 is 9.47 Å². The smallest absolute Gasteiger partial charge is 0.145 e. The lowest BCUT2D eigenvalue weighted by atomic mass is 10.1. The zero-order valence-corrected chi connectivity index (χ0v) is 11.5. The first-order valence-corrected chi connectivity index (χ1v) is 6.40. The molecule has 20 heavy (non-hydrogen) atoms. The minimum Gasteiger partial charge on any atom is -0.497 e. The molecule has 100 valence electrons. The van der Waals surface area contributed by atoms with Crippen molar-refractivity contribution in [3.8, 4) is 22.8 Å². The molecule has 0 N–H and O–H groups in total. The lowest BCUT2D eigenvalue weighted by Gasteiger charge is -2.10. The normalized spacial score (nSPS) is 10.5. The van der Waals surface area contributed by atoms with E-state index in [1.807, 2.05) is 54.6 Å². The van der Waals surface area contributed by atoms with Crippen LogP contribution in [0.4, 0.5) is 0 Å². The predicted molar refractivity (Wildman–Crippen MR) is 80.3 cm³/mol. The molecule has 0 atom stereocenters. The molecule has 3 nitrogen and oxygen atoms in total. The second-order valence-electron chi connectivity index (χ2n) is 4.46. The Morgan fingerprint density at radius 1 is 0.850 bits per heavy atom. The van der Waals surface area contributed by atoms with Crippen molar-refractivity contribution in [3.63, 3.8) is 0 Å². The van der Waals surface area contributed by atoms with Gasteiger partial charge in [0.15, 0.2) is 0 Å². The molecule has 0 amide bonds. The number of hydrogen-bond acceptors (Lipinski definition) is 3. The van der Waals surface area contributed by atoms with E-state index in [9.17, 15) is 0 Å². The lowest BCUT2D eigenvalue weighted by molar-refractivity contribution is 0.413. The minimum atomic E-state index is 0.761. The topological polar surface area (TPSA) is 31.4 Å². The highest BCUT2D eigenvalue weighted by Crippen LogP contribution is 2.32. The fourth-order valence-corrected chi connectivity index (χ4v) is 2.23. The van der Waals surface area contributed by atoms with E-state index in [1.54, 1.807) is 14.2 Å². The van der Waals surface area contributed by atoms with Gasteiger partial charge in [-0.15, -0.1) is 0 Å². The third-order valence-corrected chi connectivity index (χ3v) is 3.25. The van der Waals surface area contributed by atoms with Gasteiger partial charge in [-0.25, -0.2) is 4.98 Å². The lowest BCUT2D eigenvalue weighted by Crippen LogP contribution is -1.93. The molecule has 3 rings (SSSR count). The fraction of sp³-hybridized carbons (Fsp3) is 0.118. The molecule has 0 unspecified atom stereocenters. The van der Waals surface area contributed by atoms with E-state index >= 15 is 0 Å². The number of aromatic nitrogens is 1. The largest absolute Gasteiger partial charge is 0.497 e. The molecule has 0 radical (unpaired) electrons. The Labute approximate surface area is 117 Å². The van der Waals surface area contributed by atoms with Gasteiger partial charge in [0.2, 0.25) is 0 Å². The highest BCUT2D eigenvalue weighted by Gasteiger charge is 2.10. The van der Waals surface area contributed by atoms with Gasteiger partial charge in [-0.1, -0.05) is 30.3 Å². The molecule has 2 aromatic carbocycles. The summed E-state index contributed by atoms with van der Waals surface area (Å²) in [6, 6.07) is 17.8. The summed E-state index contributed by atoms with van der Waals surface area (Å²) in [5, 5.41) is 1.07. The third-order valence-electron chi connectivity index (χ3n) is 3.25. The van der Waals surface area contributed by atoms with Crippen LogP contribution in [0.15, 0.2) is 54.6 Å². The number of rotatable bonds is 3. The standard InChI is InChI=1S/C17H15NO2/c1-19-14-8-5-7-13(10-14)17-16(20-2)11-12-6-3-4-9-15(12)18-17/h3-11H,1-2H3. The van der Waals surface area contributed by atoms with Crippen molar-refractivity contribution in [2.75, 3.05) is 14.2 Å². The zero-order chi connectivity index (χ0) is 13.9. The van der Waals surface area contributed by atoms with Crippen LogP contribution in [0, 0.1) is 0 Å². The maximum atomic E-state index is 5.48. The van der Waals surface area contributed by atoms with Crippen LogP contribution in [0.1, 0.15) is 0 Å². The highest BCUT2D eigenvalue weighted by atomic mass is 16.5. The second kappa shape index (κ2) is 5.21. The molecule has 0 aliphatic heterocycles. The third kappa shape index (κ3) is 2.18. The van der Waals surface area contributed by atoms with Gasteiger partial charge in [-0.05, 0) is 24.3 Å².